The number of carbonyl (C=O) groups excluding carboxylic acids is 2. The SMILES string of the molecule is COc1ccc(N2C(=O)C[C@H]([NH+]3CCN(c4ccccc4F)CC3)C2=O)cc1OC. The van der Waals surface area contributed by atoms with Crippen LogP contribution < -0.4 is 24.2 Å². The highest BCUT2D eigenvalue weighted by Gasteiger charge is 2.46. The van der Waals surface area contributed by atoms with Gasteiger partial charge in [0.05, 0.1) is 58.2 Å². The highest BCUT2D eigenvalue weighted by Crippen LogP contribution is 2.33. The minimum Gasteiger partial charge on any atom is -0.493 e. The first-order valence-electron chi connectivity index (χ1n) is 9.96. The number of piperazine rings is 1. The minimum atomic E-state index is -0.423. The normalized spacial score (nSPS) is 20.0. The number of ether oxygens (including phenoxy) is 2. The van der Waals surface area contributed by atoms with Crippen molar-refractivity contribution in [3.05, 3.63) is 48.3 Å². The molecule has 1 N–H and O–H groups in total. The Morgan fingerprint density at radius 1 is 1.00 bits per heavy atom. The molecule has 2 saturated heterocycles. The van der Waals surface area contributed by atoms with Crippen LogP contribution in [0.4, 0.5) is 15.8 Å². The maximum absolute atomic E-state index is 14.1. The Hall–Kier alpha value is -3.13. The zero-order valence-corrected chi connectivity index (χ0v) is 17.1. The number of rotatable bonds is 5. The summed E-state index contributed by atoms with van der Waals surface area (Å²) in [6.07, 6.45) is 0.169. The van der Waals surface area contributed by atoms with Crippen LogP contribution in [0.1, 0.15) is 6.42 Å². The van der Waals surface area contributed by atoms with E-state index in [2.05, 4.69) is 0 Å². The van der Waals surface area contributed by atoms with E-state index in [1.807, 2.05) is 11.0 Å². The van der Waals surface area contributed by atoms with E-state index in [4.69, 9.17) is 9.47 Å². The summed E-state index contributed by atoms with van der Waals surface area (Å²) in [5.41, 5.74) is 1.06. The van der Waals surface area contributed by atoms with Crippen LogP contribution in [-0.2, 0) is 9.59 Å². The minimum absolute atomic E-state index is 0.169. The molecule has 30 heavy (non-hydrogen) atoms. The van der Waals surface area contributed by atoms with Gasteiger partial charge in [-0.3, -0.25) is 9.59 Å². The van der Waals surface area contributed by atoms with Crippen LogP contribution in [0.5, 0.6) is 11.5 Å². The number of nitrogens with one attached hydrogen (secondary N) is 1. The van der Waals surface area contributed by atoms with Gasteiger partial charge < -0.3 is 19.3 Å². The van der Waals surface area contributed by atoms with Crippen LogP contribution in [0.15, 0.2) is 42.5 Å². The summed E-state index contributed by atoms with van der Waals surface area (Å²) in [6, 6.07) is 11.3. The fourth-order valence-electron chi connectivity index (χ4n) is 4.28. The third-order valence-corrected chi connectivity index (χ3v) is 5.86. The Bertz CT molecular complexity index is 959. The topological polar surface area (TPSA) is 63.5 Å². The van der Waals surface area contributed by atoms with Crippen molar-refractivity contribution in [2.24, 2.45) is 0 Å². The van der Waals surface area contributed by atoms with Gasteiger partial charge in [0.25, 0.3) is 5.91 Å². The van der Waals surface area contributed by atoms with E-state index in [0.717, 1.165) is 4.90 Å². The van der Waals surface area contributed by atoms with E-state index < -0.39 is 6.04 Å². The van der Waals surface area contributed by atoms with Crippen LogP contribution in [0.3, 0.4) is 0 Å². The summed E-state index contributed by atoms with van der Waals surface area (Å²) in [7, 11) is 3.04. The molecule has 8 heteroatoms. The standard InChI is InChI=1S/C22H24FN3O4/c1-29-19-8-7-15(13-20(19)30-2)26-21(27)14-18(22(26)28)25-11-9-24(10-12-25)17-6-4-3-5-16(17)23/h3-8,13,18H,9-12,14H2,1-2H3/p+1/t18-/m0/s1. The van der Waals surface area contributed by atoms with Gasteiger partial charge in [-0.15, -0.1) is 0 Å². The van der Waals surface area contributed by atoms with Gasteiger partial charge in [0, 0.05) is 6.07 Å². The second-order valence-electron chi connectivity index (χ2n) is 7.46. The molecule has 2 aliphatic heterocycles. The lowest BCUT2D eigenvalue weighted by atomic mass is 10.1. The van der Waals surface area contributed by atoms with Gasteiger partial charge in [-0.25, -0.2) is 9.29 Å². The molecule has 2 heterocycles. The van der Waals surface area contributed by atoms with E-state index >= 15 is 0 Å². The third kappa shape index (κ3) is 3.59. The smallest absolute Gasteiger partial charge is 0.292 e. The third-order valence-electron chi connectivity index (χ3n) is 5.86. The van der Waals surface area contributed by atoms with Crippen molar-refractivity contribution in [2.75, 3.05) is 50.2 Å². The largest absolute Gasteiger partial charge is 0.493 e. The van der Waals surface area contributed by atoms with E-state index in [9.17, 15) is 14.0 Å². The number of anilines is 2. The van der Waals surface area contributed by atoms with Gasteiger partial charge in [0.2, 0.25) is 5.91 Å². The molecule has 7 nitrogen and oxygen atoms in total. The number of amides is 2. The predicted molar refractivity (Wildman–Crippen MR) is 110 cm³/mol. The quantitative estimate of drug-likeness (QED) is 0.736. The molecule has 0 unspecified atom stereocenters. The van der Waals surface area contributed by atoms with Crippen molar-refractivity contribution < 1.29 is 28.4 Å². The average Bonchev–Trinajstić information content (AvgIpc) is 3.07. The molecule has 1 atom stereocenters. The van der Waals surface area contributed by atoms with Crippen LogP contribution in [0.25, 0.3) is 0 Å². The first-order valence-corrected chi connectivity index (χ1v) is 9.96. The molecule has 2 aromatic carbocycles. The van der Waals surface area contributed by atoms with E-state index in [0.29, 0.717) is 49.1 Å². The second kappa shape index (κ2) is 8.31. The highest BCUT2D eigenvalue weighted by atomic mass is 19.1. The molecule has 2 aromatic rings. The van der Waals surface area contributed by atoms with Crippen molar-refractivity contribution in [1.82, 2.24) is 0 Å². The number of hydrogen-bond acceptors (Lipinski definition) is 5. The molecule has 0 saturated carbocycles. The molecule has 0 aliphatic carbocycles. The number of quaternary nitrogens is 1. The van der Waals surface area contributed by atoms with Crippen LogP contribution in [-0.4, -0.2) is 58.3 Å². The number of methoxy groups -OCH3 is 2. The number of para-hydroxylation sites is 1. The summed E-state index contributed by atoms with van der Waals surface area (Å²) in [5.74, 6) is 0.326. The van der Waals surface area contributed by atoms with Crippen molar-refractivity contribution >= 4 is 23.2 Å². The van der Waals surface area contributed by atoms with Crippen LogP contribution in [0, 0.1) is 5.82 Å². The Balaban J connectivity index is 1.47. The molecule has 4 rings (SSSR count). The van der Waals surface area contributed by atoms with Gasteiger partial charge in [0.15, 0.2) is 17.5 Å². The maximum Gasteiger partial charge on any atom is 0.292 e. The second-order valence-corrected chi connectivity index (χ2v) is 7.46. The lowest BCUT2D eigenvalue weighted by Crippen LogP contribution is -3.19. The van der Waals surface area contributed by atoms with Gasteiger partial charge in [0.1, 0.15) is 5.82 Å². The molecule has 2 aliphatic rings. The molecule has 0 spiro atoms. The van der Waals surface area contributed by atoms with Gasteiger partial charge in [-0.05, 0) is 24.3 Å². The molecule has 0 aromatic heterocycles. The zero-order valence-electron chi connectivity index (χ0n) is 17.1. The van der Waals surface area contributed by atoms with Crippen molar-refractivity contribution in [3.63, 3.8) is 0 Å². The summed E-state index contributed by atoms with van der Waals surface area (Å²) in [5, 5.41) is 0. The van der Waals surface area contributed by atoms with Crippen molar-refractivity contribution in [1.29, 1.82) is 0 Å². The number of carbonyl (C=O) groups is 2. The van der Waals surface area contributed by atoms with E-state index in [1.54, 1.807) is 30.3 Å². The molecule has 0 radical (unpaired) electrons. The van der Waals surface area contributed by atoms with E-state index in [1.165, 1.54) is 25.2 Å². The monoisotopic (exact) mass is 414 g/mol. The van der Waals surface area contributed by atoms with Crippen LogP contribution >= 0.6 is 0 Å². The van der Waals surface area contributed by atoms with Gasteiger partial charge in [-0.2, -0.15) is 0 Å². The first-order chi connectivity index (χ1) is 14.5. The molecular formula is C22H25FN3O4+. The van der Waals surface area contributed by atoms with Gasteiger partial charge >= 0.3 is 0 Å². The summed E-state index contributed by atoms with van der Waals surface area (Å²) in [6.45, 7) is 2.59. The number of hydrogen-bond donors (Lipinski definition) is 1. The predicted octanol–water partition coefficient (Wildman–Crippen LogP) is 0.880. The lowest BCUT2D eigenvalue weighted by Gasteiger charge is -2.35. The number of imide groups is 1. The fourth-order valence-corrected chi connectivity index (χ4v) is 4.28. The number of benzene rings is 2. The number of halogens is 1. The first kappa shape index (κ1) is 20.2. The summed E-state index contributed by atoms with van der Waals surface area (Å²) < 4.78 is 24.6. The summed E-state index contributed by atoms with van der Waals surface area (Å²) in [4.78, 5) is 30.1. The highest BCUT2D eigenvalue weighted by molar-refractivity contribution is 6.22. The Labute approximate surface area is 174 Å². The van der Waals surface area contributed by atoms with Crippen molar-refractivity contribution in [2.45, 2.75) is 12.5 Å². The maximum atomic E-state index is 14.1. The fraction of sp³-hybridized carbons (Fsp3) is 0.364. The lowest BCUT2D eigenvalue weighted by molar-refractivity contribution is -0.915. The Morgan fingerprint density at radius 3 is 2.37 bits per heavy atom. The average molecular weight is 414 g/mol. The Morgan fingerprint density at radius 2 is 1.70 bits per heavy atom. The number of nitrogens with zero attached hydrogens (tertiary/aromatic N) is 2. The molecule has 2 fully saturated rings. The van der Waals surface area contributed by atoms with Gasteiger partial charge in [-0.1, -0.05) is 12.1 Å². The van der Waals surface area contributed by atoms with E-state index in [-0.39, 0.29) is 24.1 Å². The molecular weight excluding hydrogens is 389 g/mol. The molecule has 2 amide bonds. The van der Waals surface area contributed by atoms with Crippen LogP contribution in [0.2, 0.25) is 0 Å². The summed E-state index contributed by atoms with van der Waals surface area (Å²) >= 11 is 0. The zero-order chi connectivity index (χ0) is 21.3. The van der Waals surface area contributed by atoms with Crippen molar-refractivity contribution in [3.8, 4) is 11.5 Å². The molecule has 158 valence electrons. The molecule has 0 bridgehead atoms. The Kier molecular flexibility index (Phi) is 5.59.